The fourth-order valence-corrected chi connectivity index (χ4v) is 1.89. The van der Waals surface area contributed by atoms with E-state index in [1.165, 1.54) is 0 Å². The second kappa shape index (κ2) is 3.53. The van der Waals surface area contributed by atoms with Gasteiger partial charge in [0.15, 0.2) is 0 Å². The predicted molar refractivity (Wildman–Crippen MR) is 46.4 cm³/mol. The number of ether oxygens (including phenoxy) is 1. The first kappa shape index (κ1) is 9.66. The van der Waals surface area contributed by atoms with Crippen LogP contribution in [0.5, 0.6) is 0 Å². The molecule has 0 spiro atoms. The van der Waals surface area contributed by atoms with Crippen LogP contribution in [0.2, 0.25) is 0 Å². The highest BCUT2D eigenvalue weighted by molar-refractivity contribution is 14.1. The van der Waals surface area contributed by atoms with Crippen LogP contribution in [0.1, 0.15) is 6.92 Å². The summed E-state index contributed by atoms with van der Waals surface area (Å²) >= 11 is 1.88. The zero-order chi connectivity index (χ0) is 8.59. The quantitative estimate of drug-likeness (QED) is 0.401. The molecule has 4 nitrogen and oxygen atoms in total. The fraction of sp³-hybridized carbons (Fsp3) is 1.00. The molecule has 1 rings (SSSR count). The Morgan fingerprint density at radius 2 is 1.64 bits per heavy atom. The Kier molecular flexibility index (Phi) is 3.10. The van der Waals surface area contributed by atoms with Crippen LogP contribution in [0.3, 0.4) is 0 Å². The Balaban J connectivity index is 2.63. The molecule has 0 aromatic carbocycles. The molecule has 1 aliphatic rings. The van der Waals surface area contributed by atoms with Crippen molar-refractivity contribution in [1.82, 2.24) is 0 Å². The molecule has 0 radical (unpaired) electrons. The van der Waals surface area contributed by atoms with E-state index in [1.54, 1.807) is 6.92 Å². The van der Waals surface area contributed by atoms with E-state index in [0.717, 1.165) is 0 Å². The predicted octanol–water partition coefficient (Wildman–Crippen LogP) is -0.751. The van der Waals surface area contributed by atoms with Crippen molar-refractivity contribution in [2.24, 2.45) is 0 Å². The van der Waals surface area contributed by atoms with Crippen LogP contribution in [0.25, 0.3) is 0 Å². The van der Waals surface area contributed by atoms with Crippen molar-refractivity contribution in [3.8, 4) is 0 Å². The molecular formula is C6H11IO4. The lowest BCUT2D eigenvalue weighted by Crippen LogP contribution is -2.54. The Labute approximate surface area is 78.3 Å². The van der Waals surface area contributed by atoms with Crippen molar-refractivity contribution in [3.63, 3.8) is 0 Å². The van der Waals surface area contributed by atoms with Gasteiger partial charge in [-0.2, -0.15) is 0 Å². The van der Waals surface area contributed by atoms with Gasteiger partial charge < -0.3 is 20.1 Å². The van der Waals surface area contributed by atoms with Crippen molar-refractivity contribution in [2.45, 2.75) is 35.5 Å². The summed E-state index contributed by atoms with van der Waals surface area (Å²) in [7, 11) is 0. The number of hydrogen-bond donors (Lipinski definition) is 3. The Hall–Kier alpha value is 0.570. The minimum absolute atomic E-state index is 0.421. The van der Waals surface area contributed by atoms with E-state index in [1.807, 2.05) is 22.6 Å². The Morgan fingerprint density at radius 3 is 2.18 bits per heavy atom. The number of rotatable bonds is 0. The average Bonchev–Trinajstić information content (AvgIpc) is 1.97. The first-order chi connectivity index (χ1) is 5.04. The first-order valence-electron chi connectivity index (χ1n) is 3.37. The fourth-order valence-electron chi connectivity index (χ4n) is 1.00. The van der Waals surface area contributed by atoms with Gasteiger partial charge in [0.05, 0.1) is 6.10 Å². The molecule has 0 unspecified atom stereocenters. The highest BCUT2D eigenvalue weighted by atomic mass is 127. The molecule has 3 N–H and O–H groups in total. The number of alkyl halides is 1. The van der Waals surface area contributed by atoms with E-state index >= 15 is 0 Å². The number of hydrogen-bond acceptors (Lipinski definition) is 4. The summed E-state index contributed by atoms with van der Waals surface area (Å²) in [4.78, 5) is 0. The molecule has 5 atom stereocenters. The lowest BCUT2D eigenvalue weighted by molar-refractivity contribution is -0.187. The van der Waals surface area contributed by atoms with Gasteiger partial charge in [-0.15, -0.1) is 0 Å². The summed E-state index contributed by atoms with van der Waals surface area (Å²) < 4.78 is 4.66. The largest absolute Gasteiger partial charge is 0.388 e. The van der Waals surface area contributed by atoms with Crippen molar-refractivity contribution < 1.29 is 20.1 Å². The van der Waals surface area contributed by atoms with Gasteiger partial charge in [-0.1, -0.05) is 0 Å². The molecule has 0 aromatic heterocycles. The van der Waals surface area contributed by atoms with E-state index < -0.39 is 28.5 Å². The molecule has 1 aliphatic heterocycles. The number of aliphatic hydroxyl groups excluding tert-OH is 3. The van der Waals surface area contributed by atoms with Crippen molar-refractivity contribution in [2.75, 3.05) is 0 Å². The molecule has 11 heavy (non-hydrogen) atoms. The van der Waals surface area contributed by atoms with Gasteiger partial charge in [-0.3, -0.25) is 0 Å². The van der Waals surface area contributed by atoms with E-state index in [9.17, 15) is 15.3 Å². The molecular weight excluding hydrogens is 263 g/mol. The van der Waals surface area contributed by atoms with E-state index in [0.29, 0.717) is 0 Å². The smallest absolute Gasteiger partial charge is 0.137 e. The minimum atomic E-state index is -1.10. The van der Waals surface area contributed by atoms with Gasteiger partial charge in [0.1, 0.15) is 22.4 Å². The maximum atomic E-state index is 9.20. The summed E-state index contributed by atoms with van der Waals surface area (Å²) in [5.74, 6) is 0. The molecule has 66 valence electrons. The standard InChI is InChI=1S/C6H11IO4/c1-2-3(8)4(9)5(10)6(7)11-2/h2-6,8-10H,1H3/t2-,3-,4+,5+,6+/m0/s1. The molecule has 0 bridgehead atoms. The Bertz CT molecular complexity index is 129. The second-order valence-corrected chi connectivity index (χ2v) is 3.89. The highest BCUT2D eigenvalue weighted by Gasteiger charge is 2.40. The number of aliphatic hydroxyl groups is 3. The summed E-state index contributed by atoms with van der Waals surface area (Å²) in [5.41, 5.74) is 0. The molecule has 0 aliphatic carbocycles. The summed E-state index contributed by atoms with van der Waals surface area (Å²) in [6, 6.07) is 0. The summed E-state index contributed by atoms with van der Waals surface area (Å²) in [5, 5.41) is 27.6. The molecule has 0 saturated carbocycles. The van der Waals surface area contributed by atoms with Gasteiger partial charge in [0.2, 0.25) is 0 Å². The van der Waals surface area contributed by atoms with Gasteiger partial charge in [-0.05, 0) is 29.5 Å². The monoisotopic (exact) mass is 274 g/mol. The van der Waals surface area contributed by atoms with Gasteiger partial charge in [-0.25, -0.2) is 0 Å². The third-order valence-electron chi connectivity index (χ3n) is 1.79. The summed E-state index contributed by atoms with van der Waals surface area (Å²) in [6.07, 6.45) is -3.51. The lowest BCUT2D eigenvalue weighted by atomic mass is 10.0. The Morgan fingerprint density at radius 1 is 1.09 bits per heavy atom. The molecule has 5 heteroatoms. The third-order valence-corrected chi connectivity index (χ3v) is 2.82. The topological polar surface area (TPSA) is 69.9 Å². The van der Waals surface area contributed by atoms with Crippen LogP contribution >= 0.6 is 22.6 Å². The van der Waals surface area contributed by atoms with Crippen LogP contribution < -0.4 is 0 Å². The molecule has 0 aromatic rings. The maximum Gasteiger partial charge on any atom is 0.137 e. The van der Waals surface area contributed by atoms with Crippen LogP contribution in [0.4, 0.5) is 0 Å². The van der Waals surface area contributed by atoms with Crippen LogP contribution in [-0.4, -0.2) is 43.8 Å². The van der Waals surface area contributed by atoms with Crippen molar-refractivity contribution in [1.29, 1.82) is 0 Å². The molecule has 1 heterocycles. The van der Waals surface area contributed by atoms with Crippen LogP contribution in [-0.2, 0) is 4.74 Å². The zero-order valence-corrected chi connectivity index (χ0v) is 8.17. The van der Waals surface area contributed by atoms with E-state index in [-0.39, 0.29) is 0 Å². The highest BCUT2D eigenvalue weighted by Crippen LogP contribution is 2.24. The zero-order valence-electron chi connectivity index (χ0n) is 6.01. The van der Waals surface area contributed by atoms with Crippen LogP contribution in [0, 0.1) is 0 Å². The minimum Gasteiger partial charge on any atom is -0.388 e. The van der Waals surface area contributed by atoms with Gasteiger partial charge >= 0.3 is 0 Å². The van der Waals surface area contributed by atoms with Gasteiger partial charge in [0.25, 0.3) is 0 Å². The van der Waals surface area contributed by atoms with Crippen molar-refractivity contribution >= 4 is 22.6 Å². The van der Waals surface area contributed by atoms with E-state index in [4.69, 9.17) is 4.74 Å². The van der Waals surface area contributed by atoms with E-state index in [2.05, 4.69) is 0 Å². The van der Waals surface area contributed by atoms with Gasteiger partial charge in [0, 0.05) is 0 Å². The second-order valence-electron chi connectivity index (χ2n) is 2.66. The first-order valence-corrected chi connectivity index (χ1v) is 4.62. The average molecular weight is 274 g/mol. The third kappa shape index (κ3) is 1.83. The molecule has 0 amide bonds. The maximum absolute atomic E-state index is 9.20. The normalized spacial score (nSPS) is 52.6. The number of halogens is 1. The molecule has 1 saturated heterocycles. The molecule has 1 fully saturated rings. The lowest BCUT2D eigenvalue weighted by Gasteiger charge is -2.36. The van der Waals surface area contributed by atoms with Crippen molar-refractivity contribution in [3.05, 3.63) is 0 Å². The summed E-state index contributed by atoms with van der Waals surface area (Å²) in [6.45, 7) is 1.66. The van der Waals surface area contributed by atoms with Crippen LogP contribution in [0.15, 0.2) is 0 Å². The SMILES string of the molecule is C[C@@H]1O[C@@H](I)[C@H](O)[C@H](O)[C@H]1O.